The first kappa shape index (κ1) is 9.54. The number of aliphatic hydroxyl groups is 1. The summed E-state index contributed by atoms with van der Waals surface area (Å²) in [4.78, 5) is 10.5. The molecule has 78 valence electrons. The summed E-state index contributed by atoms with van der Waals surface area (Å²) < 4.78 is 1.42. The molecule has 0 saturated carbocycles. The average Bonchev–Trinajstić information content (AvgIpc) is 2.60. The first-order valence-corrected chi connectivity index (χ1v) is 4.41. The number of carbonyl (C=O) groups is 1. The van der Waals surface area contributed by atoms with E-state index >= 15 is 0 Å². The van der Waals surface area contributed by atoms with E-state index in [1.54, 1.807) is 24.4 Å². The van der Waals surface area contributed by atoms with E-state index in [1.807, 2.05) is 6.07 Å². The number of nitrogens with one attached hydrogen (secondary N) is 1. The normalized spacial score (nSPS) is 10.5. The molecule has 0 radical (unpaired) electrons. The largest absolute Gasteiger partial charge is 0.464 e. The van der Waals surface area contributed by atoms with Gasteiger partial charge in [-0.1, -0.05) is 6.07 Å². The van der Waals surface area contributed by atoms with Gasteiger partial charge in [-0.2, -0.15) is 0 Å². The molecule has 3 N–H and O–H groups in total. The van der Waals surface area contributed by atoms with Gasteiger partial charge in [0.05, 0.1) is 12.1 Å². The summed E-state index contributed by atoms with van der Waals surface area (Å²) in [5.41, 5.74) is 3.80. The first-order chi connectivity index (χ1) is 7.20. The van der Waals surface area contributed by atoms with Gasteiger partial charge in [-0.25, -0.2) is 10.2 Å². The molecule has 2 rings (SSSR count). The van der Waals surface area contributed by atoms with Crippen LogP contribution in [0.15, 0.2) is 30.5 Å². The molecule has 5 heteroatoms. The number of hydrogen-bond acceptors (Lipinski definition) is 2. The van der Waals surface area contributed by atoms with Crippen molar-refractivity contribution in [2.45, 2.75) is 6.61 Å². The maximum atomic E-state index is 10.5. The third-order valence-electron chi connectivity index (χ3n) is 2.15. The Labute approximate surface area is 85.5 Å². The summed E-state index contributed by atoms with van der Waals surface area (Å²) in [6, 6.07) is 7.11. The Kier molecular flexibility index (Phi) is 2.31. The molecule has 0 atom stereocenters. The number of aromatic nitrogens is 1. The third-order valence-corrected chi connectivity index (χ3v) is 2.15. The van der Waals surface area contributed by atoms with Crippen molar-refractivity contribution in [3.05, 3.63) is 36.0 Å². The van der Waals surface area contributed by atoms with E-state index in [1.165, 1.54) is 4.68 Å². The van der Waals surface area contributed by atoms with Crippen LogP contribution in [0.1, 0.15) is 5.56 Å². The summed E-state index contributed by atoms with van der Waals surface area (Å²) >= 11 is 0. The van der Waals surface area contributed by atoms with Gasteiger partial charge in [0.25, 0.3) is 0 Å². The maximum Gasteiger partial charge on any atom is 0.423 e. The molecule has 0 saturated heterocycles. The highest BCUT2D eigenvalue weighted by Gasteiger charge is 2.03. The van der Waals surface area contributed by atoms with E-state index in [9.17, 15) is 4.79 Å². The Morgan fingerprint density at radius 1 is 1.40 bits per heavy atom. The number of amides is 1. The van der Waals surface area contributed by atoms with Crippen molar-refractivity contribution in [3.63, 3.8) is 0 Å². The van der Waals surface area contributed by atoms with E-state index in [2.05, 4.69) is 5.43 Å². The highest BCUT2D eigenvalue weighted by molar-refractivity contribution is 5.84. The number of benzene rings is 1. The lowest BCUT2D eigenvalue weighted by Gasteiger charge is -2.04. The summed E-state index contributed by atoms with van der Waals surface area (Å²) in [6.07, 6.45) is 0.513. The predicted molar refractivity (Wildman–Crippen MR) is 55.2 cm³/mol. The standard InChI is InChI=1S/C10H10N2O3/c13-6-7-1-2-9-8(5-7)3-4-12(9)11-10(14)15/h1-5,11,13H,6H2,(H,14,15). The van der Waals surface area contributed by atoms with E-state index in [0.29, 0.717) is 0 Å². The minimum atomic E-state index is -1.11. The lowest BCUT2D eigenvalue weighted by atomic mass is 10.2. The number of nitrogens with zero attached hydrogens (tertiary/aromatic N) is 1. The summed E-state index contributed by atoms with van der Waals surface area (Å²) in [7, 11) is 0. The Morgan fingerprint density at radius 3 is 2.87 bits per heavy atom. The predicted octanol–water partition coefficient (Wildman–Crippen LogP) is 1.36. The quantitative estimate of drug-likeness (QED) is 0.694. The van der Waals surface area contributed by atoms with Crippen molar-refractivity contribution < 1.29 is 15.0 Å². The molecule has 1 heterocycles. The lowest BCUT2D eigenvalue weighted by Crippen LogP contribution is -2.19. The van der Waals surface area contributed by atoms with Gasteiger partial charge in [0, 0.05) is 11.6 Å². The van der Waals surface area contributed by atoms with Crippen molar-refractivity contribution in [3.8, 4) is 0 Å². The van der Waals surface area contributed by atoms with E-state index < -0.39 is 6.09 Å². The molecule has 0 aliphatic carbocycles. The topological polar surface area (TPSA) is 74.5 Å². The second-order valence-corrected chi connectivity index (χ2v) is 3.15. The number of aliphatic hydroxyl groups excluding tert-OH is 1. The zero-order chi connectivity index (χ0) is 10.8. The summed E-state index contributed by atoms with van der Waals surface area (Å²) in [5, 5.41) is 18.4. The molecule has 0 fully saturated rings. The molecule has 0 spiro atoms. The summed E-state index contributed by atoms with van der Waals surface area (Å²) in [6.45, 7) is -0.0204. The van der Waals surface area contributed by atoms with Crippen molar-refractivity contribution >= 4 is 17.0 Å². The second kappa shape index (κ2) is 3.62. The molecular weight excluding hydrogens is 196 g/mol. The van der Waals surface area contributed by atoms with Crippen LogP contribution in [0.5, 0.6) is 0 Å². The van der Waals surface area contributed by atoms with Crippen LogP contribution in [-0.2, 0) is 6.61 Å². The minimum absolute atomic E-state index is 0.0204. The molecule has 0 unspecified atom stereocenters. The number of carboxylic acid groups (broad SMARTS) is 1. The average molecular weight is 206 g/mol. The molecule has 1 amide bonds. The second-order valence-electron chi connectivity index (χ2n) is 3.15. The Bertz CT molecular complexity index is 504. The van der Waals surface area contributed by atoms with Crippen LogP contribution in [0.3, 0.4) is 0 Å². The highest BCUT2D eigenvalue weighted by atomic mass is 16.4. The van der Waals surface area contributed by atoms with Gasteiger partial charge in [0.15, 0.2) is 0 Å². The zero-order valence-corrected chi connectivity index (χ0v) is 7.84. The summed E-state index contributed by atoms with van der Waals surface area (Å²) in [5.74, 6) is 0. The van der Waals surface area contributed by atoms with E-state index in [4.69, 9.17) is 10.2 Å². The maximum absolute atomic E-state index is 10.5. The van der Waals surface area contributed by atoms with Crippen LogP contribution in [0, 0.1) is 0 Å². The molecule has 0 aliphatic rings. The monoisotopic (exact) mass is 206 g/mol. The molecule has 15 heavy (non-hydrogen) atoms. The first-order valence-electron chi connectivity index (χ1n) is 4.41. The SMILES string of the molecule is O=C(O)Nn1ccc2cc(CO)ccc21. The molecular formula is C10H10N2O3. The highest BCUT2D eigenvalue weighted by Crippen LogP contribution is 2.16. The van der Waals surface area contributed by atoms with Crippen LogP contribution in [0.25, 0.3) is 10.9 Å². The van der Waals surface area contributed by atoms with Crippen molar-refractivity contribution in [1.29, 1.82) is 0 Å². The molecule has 0 bridgehead atoms. The number of fused-ring (bicyclic) bond motifs is 1. The zero-order valence-electron chi connectivity index (χ0n) is 7.84. The molecule has 1 aromatic heterocycles. The van der Waals surface area contributed by atoms with Crippen molar-refractivity contribution in [2.75, 3.05) is 5.43 Å². The van der Waals surface area contributed by atoms with E-state index in [-0.39, 0.29) is 6.61 Å². The van der Waals surface area contributed by atoms with Crippen LogP contribution in [-0.4, -0.2) is 21.0 Å². The molecule has 1 aromatic carbocycles. The smallest absolute Gasteiger partial charge is 0.423 e. The van der Waals surface area contributed by atoms with Crippen LogP contribution >= 0.6 is 0 Å². The van der Waals surface area contributed by atoms with Gasteiger partial charge >= 0.3 is 6.09 Å². The van der Waals surface area contributed by atoms with Gasteiger partial charge in [0.1, 0.15) is 0 Å². The van der Waals surface area contributed by atoms with Gasteiger partial charge < -0.3 is 10.2 Å². The van der Waals surface area contributed by atoms with Crippen LogP contribution in [0.4, 0.5) is 4.79 Å². The van der Waals surface area contributed by atoms with Crippen LogP contribution in [0.2, 0.25) is 0 Å². The Balaban J connectivity index is 2.47. The van der Waals surface area contributed by atoms with Gasteiger partial charge in [-0.15, -0.1) is 0 Å². The Hall–Kier alpha value is -2.01. The van der Waals surface area contributed by atoms with Crippen molar-refractivity contribution in [2.24, 2.45) is 0 Å². The van der Waals surface area contributed by atoms with Crippen LogP contribution < -0.4 is 5.43 Å². The fourth-order valence-electron chi connectivity index (χ4n) is 1.49. The number of hydrogen-bond donors (Lipinski definition) is 3. The third kappa shape index (κ3) is 1.77. The van der Waals surface area contributed by atoms with Gasteiger partial charge in [0.2, 0.25) is 0 Å². The fraction of sp³-hybridized carbons (Fsp3) is 0.100. The van der Waals surface area contributed by atoms with E-state index in [0.717, 1.165) is 16.5 Å². The number of rotatable bonds is 2. The lowest BCUT2D eigenvalue weighted by molar-refractivity contribution is 0.206. The van der Waals surface area contributed by atoms with Gasteiger partial charge in [-0.3, -0.25) is 4.68 Å². The van der Waals surface area contributed by atoms with Gasteiger partial charge in [-0.05, 0) is 23.8 Å². The minimum Gasteiger partial charge on any atom is -0.464 e. The van der Waals surface area contributed by atoms with Crippen molar-refractivity contribution in [1.82, 2.24) is 4.68 Å². The Morgan fingerprint density at radius 2 is 2.20 bits per heavy atom. The molecule has 5 nitrogen and oxygen atoms in total. The molecule has 0 aliphatic heterocycles. The fourth-order valence-corrected chi connectivity index (χ4v) is 1.49. The molecule has 2 aromatic rings.